The Kier molecular flexibility index (Phi) is 8.91. The second-order valence-electron chi connectivity index (χ2n) is 6.02. The van der Waals surface area contributed by atoms with E-state index in [9.17, 15) is 18.8 Å². The molecule has 0 saturated heterocycles. The van der Waals surface area contributed by atoms with Crippen LogP contribution >= 0.6 is 11.6 Å². The van der Waals surface area contributed by atoms with Gasteiger partial charge in [-0.1, -0.05) is 18.5 Å². The van der Waals surface area contributed by atoms with Crippen LogP contribution < -0.4 is 10.6 Å². The van der Waals surface area contributed by atoms with Crippen molar-refractivity contribution in [2.24, 2.45) is 0 Å². The smallest absolute Gasteiger partial charge is 0.339 e. The zero-order chi connectivity index (χ0) is 21.4. The lowest BCUT2D eigenvalue weighted by molar-refractivity contribution is -0.138. The molecule has 2 N–H and O–H groups in total. The molecule has 154 valence electrons. The van der Waals surface area contributed by atoms with Crippen molar-refractivity contribution in [1.29, 1.82) is 0 Å². The summed E-state index contributed by atoms with van der Waals surface area (Å²) in [6, 6.07) is 1.22. The number of allylic oxidation sites excluding steroid dienone is 1. The van der Waals surface area contributed by atoms with E-state index in [1.807, 2.05) is 0 Å². The highest BCUT2D eigenvalue weighted by molar-refractivity contribution is 6.33. The number of anilines is 1. The Morgan fingerprint density at radius 1 is 1.21 bits per heavy atom. The molecule has 9 heteroatoms. The van der Waals surface area contributed by atoms with Crippen LogP contribution in [0.5, 0.6) is 0 Å². The monoisotopic (exact) mass is 414 g/mol. The first-order chi connectivity index (χ1) is 13.1. The molecular formula is C19H24ClFN2O5. The topological polar surface area (TPSA) is 93.7 Å². The SMILES string of the molecule is CCOC(=O)C(C)=C(CC)NC(=O)Nc1cc(C(=O)OC(C)C)c(Cl)cc1F. The molecule has 0 fully saturated rings. The van der Waals surface area contributed by atoms with E-state index in [2.05, 4.69) is 10.6 Å². The first-order valence-electron chi connectivity index (χ1n) is 8.75. The van der Waals surface area contributed by atoms with Crippen molar-refractivity contribution in [3.05, 3.63) is 39.8 Å². The fourth-order valence-corrected chi connectivity index (χ4v) is 2.41. The largest absolute Gasteiger partial charge is 0.463 e. The normalized spacial score (nSPS) is 11.6. The molecule has 0 atom stereocenters. The van der Waals surface area contributed by atoms with E-state index in [-0.39, 0.29) is 28.5 Å². The molecule has 7 nitrogen and oxygen atoms in total. The molecule has 0 heterocycles. The van der Waals surface area contributed by atoms with Gasteiger partial charge in [0.15, 0.2) is 0 Å². The van der Waals surface area contributed by atoms with E-state index in [1.54, 1.807) is 27.7 Å². The first kappa shape index (κ1) is 23.4. The minimum Gasteiger partial charge on any atom is -0.463 e. The van der Waals surface area contributed by atoms with Crippen LogP contribution in [0.3, 0.4) is 0 Å². The second-order valence-corrected chi connectivity index (χ2v) is 6.43. The van der Waals surface area contributed by atoms with Crippen molar-refractivity contribution in [3.8, 4) is 0 Å². The van der Waals surface area contributed by atoms with Crippen molar-refractivity contribution in [3.63, 3.8) is 0 Å². The number of carbonyl (C=O) groups excluding carboxylic acids is 3. The lowest BCUT2D eigenvalue weighted by Gasteiger charge is -2.14. The molecule has 0 aliphatic carbocycles. The molecule has 0 aromatic heterocycles. The Morgan fingerprint density at radius 2 is 1.86 bits per heavy atom. The summed E-state index contributed by atoms with van der Waals surface area (Å²) in [7, 11) is 0. The summed E-state index contributed by atoms with van der Waals surface area (Å²) in [5, 5.41) is 4.65. The fraction of sp³-hybridized carbons (Fsp3) is 0.421. The van der Waals surface area contributed by atoms with Crippen molar-refractivity contribution in [1.82, 2.24) is 5.32 Å². The number of halogens is 2. The molecule has 0 spiro atoms. The highest BCUT2D eigenvalue weighted by Crippen LogP contribution is 2.25. The Morgan fingerprint density at radius 3 is 2.39 bits per heavy atom. The molecule has 0 bridgehead atoms. The van der Waals surface area contributed by atoms with Gasteiger partial charge >= 0.3 is 18.0 Å². The van der Waals surface area contributed by atoms with Gasteiger partial charge in [-0.3, -0.25) is 0 Å². The zero-order valence-corrected chi connectivity index (χ0v) is 17.2. The standard InChI is InChI=1S/C19H24ClFN2O5/c1-6-15(11(5)17(24)27-7-2)22-19(26)23-16-8-12(13(20)9-14(16)21)18(25)28-10(3)4/h8-10H,6-7H2,1-5H3,(H2,22,23,26). The quantitative estimate of drug-likeness (QED) is 0.509. The second kappa shape index (κ2) is 10.7. The third-order valence-electron chi connectivity index (χ3n) is 3.52. The maximum atomic E-state index is 14.2. The number of hydrogen-bond donors (Lipinski definition) is 2. The molecule has 2 amide bonds. The number of nitrogens with one attached hydrogen (secondary N) is 2. The van der Waals surface area contributed by atoms with Crippen LogP contribution in [0, 0.1) is 5.82 Å². The predicted molar refractivity (Wildman–Crippen MR) is 104 cm³/mol. The molecule has 0 radical (unpaired) electrons. The molecule has 1 rings (SSSR count). The molecule has 1 aromatic rings. The number of benzene rings is 1. The van der Waals surface area contributed by atoms with Gasteiger partial charge in [-0.25, -0.2) is 18.8 Å². The molecule has 0 aliphatic rings. The van der Waals surface area contributed by atoms with Gasteiger partial charge in [0.25, 0.3) is 0 Å². The summed E-state index contributed by atoms with van der Waals surface area (Å²) in [6.07, 6.45) is -0.0518. The average Bonchev–Trinajstić information content (AvgIpc) is 2.60. The van der Waals surface area contributed by atoms with Gasteiger partial charge in [-0.05, 0) is 46.2 Å². The summed E-state index contributed by atoms with van der Waals surface area (Å²) < 4.78 is 24.1. The third-order valence-corrected chi connectivity index (χ3v) is 3.83. The molecule has 0 aliphatic heterocycles. The summed E-state index contributed by atoms with van der Waals surface area (Å²) in [4.78, 5) is 36.1. The first-order valence-corrected chi connectivity index (χ1v) is 9.13. The summed E-state index contributed by atoms with van der Waals surface area (Å²) >= 11 is 5.90. The Hall–Kier alpha value is -2.61. The highest BCUT2D eigenvalue weighted by Gasteiger charge is 2.19. The Bertz CT molecular complexity index is 793. The van der Waals surface area contributed by atoms with E-state index in [0.29, 0.717) is 12.1 Å². The maximum Gasteiger partial charge on any atom is 0.339 e. The molecule has 28 heavy (non-hydrogen) atoms. The van der Waals surface area contributed by atoms with E-state index in [4.69, 9.17) is 21.1 Å². The average molecular weight is 415 g/mol. The zero-order valence-electron chi connectivity index (χ0n) is 16.4. The van der Waals surface area contributed by atoms with Gasteiger partial charge in [-0.15, -0.1) is 0 Å². The van der Waals surface area contributed by atoms with Crippen LogP contribution in [0.2, 0.25) is 5.02 Å². The molecule has 0 unspecified atom stereocenters. The van der Waals surface area contributed by atoms with Gasteiger partial charge in [0, 0.05) is 5.70 Å². The van der Waals surface area contributed by atoms with Crippen molar-refractivity contribution in [2.75, 3.05) is 11.9 Å². The summed E-state index contributed by atoms with van der Waals surface area (Å²) in [5.74, 6) is -2.13. The Labute approximate surface area is 168 Å². The van der Waals surface area contributed by atoms with E-state index >= 15 is 0 Å². The number of ether oxygens (including phenoxy) is 2. The number of urea groups is 1. The summed E-state index contributed by atoms with van der Waals surface area (Å²) in [6.45, 7) is 8.44. The predicted octanol–water partition coefficient (Wildman–Crippen LogP) is 4.41. The minimum absolute atomic E-state index is 0.0824. The van der Waals surface area contributed by atoms with Crippen molar-refractivity contribution < 1.29 is 28.2 Å². The lowest BCUT2D eigenvalue weighted by atomic mass is 10.2. The lowest BCUT2D eigenvalue weighted by Crippen LogP contribution is -2.30. The number of hydrogen-bond acceptors (Lipinski definition) is 5. The number of esters is 2. The molecule has 0 saturated carbocycles. The van der Waals surface area contributed by atoms with Crippen LogP contribution in [0.1, 0.15) is 51.4 Å². The number of amides is 2. The van der Waals surface area contributed by atoms with E-state index < -0.39 is 29.9 Å². The van der Waals surface area contributed by atoms with Crippen LogP contribution in [0.15, 0.2) is 23.4 Å². The van der Waals surface area contributed by atoms with Gasteiger partial charge in [-0.2, -0.15) is 0 Å². The van der Waals surface area contributed by atoms with E-state index in [0.717, 1.165) is 12.1 Å². The summed E-state index contributed by atoms with van der Waals surface area (Å²) in [5.41, 5.74) is 0.213. The number of rotatable bonds is 7. The fourth-order valence-electron chi connectivity index (χ4n) is 2.18. The Balaban J connectivity index is 3.04. The van der Waals surface area contributed by atoms with Crippen LogP contribution in [0.4, 0.5) is 14.9 Å². The molecule has 1 aromatic carbocycles. The van der Waals surface area contributed by atoms with Crippen molar-refractivity contribution >= 4 is 35.3 Å². The van der Waals surface area contributed by atoms with Crippen LogP contribution in [-0.4, -0.2) is 30.7 Å². The maximum absolute atomic E-state index is 14.2. The van der Waals surface area contributed by atoms with Crippen molar-refractivity contribution in [2.45, 2.75) is 47.1 Å². The van der Waals surface area contributed by atoms with Gasteiger partial charge in [0.1, 0.15) is 5.82 Å². The molecular weight excluding hydrogens is 391 g/mol. The van der Waals surface area contributed by atoms with Gasteiger partial charge < -0.3 is 20.1 Å². The minimum atomic E-state index is -0.828. The highest BCUT2D eigenvalue weighted by atomic mass is 35.5. The van der Waals surface area contributed by atoms with Gasteiger partial charge in [0.2, 0.25) is 0 Å². The van der Waals surface area contributed by atoms with Crippen LogP contribution in [0.25, 0.3) is 0 Å². The van der Waals surface area contributed by atoms with Crippen LogP contribution in [-0.2, 0) is 14.3 Å². The van der Waals surface area contributed by atoms with E-state index in [1.165, 1.54) is 6.92 Å². The third kappa shape index (κ3) is 6.53. The number of carbonyl (C=O) groups is 3. The van der Waals surface area contributed by atoms with Gasteiger partial charge in [0.05, 0.1) is 34.6 Å².